The van der Waals surface area contributed by atoms with Gasteiger partial charge in [-0.25, -0.2) is 5.43 Å². The van der Waals surface area contributed by atoms with Crippen LogP contribution in [0.25, 0.3) is 10.9 Å². The summed E-state index contributed by atoms with van der Waals surface area (Å²) in [5.41, 5.74) is 4.99. The molecule has 0 aliphatic carbocycles. The lowest BCUT2D eigenvalue weighted by molar-refractivity contribution is 0.122. The van der Waals surface area contributed by atoms with Crippen molar-refractivity contribution in [3.8, 4) is 0 Å². The molecule has 1 fully saturated rings. The maximum atomic E-state index is 9.03. The number of hydrogen-bond acceptors (Lipinski definition) is 8. The smallest absolute Gasteiger partial charge is 0.248 e. The molecule has 9 nitrogen and oxygen atoms in total. The van der Waals surface area contributed by atoms with Crippen LogP contribution in [0.2, 0.25) is 0 Å². The molecule has 152 valence electrons. The average molecular weight is 395 g/mol. The summed E-state index contributed by atoms with van der Waals surface area (Å²) >= 11 is 0. The van der Waals surface area contributed by atoms with Gasteiger partial charge in [-0.15, -0.1) is 0 Å². The summed E-state index contributed by atoms with van der Waals surface area (Å²) in [6.45, 7) is 2.98. The summed E-state index contributed by atoms with van der Waals surface area (Å²) in [5, 5.41) is 14.5. The quantitative estimate of drug-likeness (QED) is 0.304. The van der Waals surface area contributed by atoms with Crippen LogP contribution in [0.1, 0.15) is 24.2 Å². The molecule has 0 bridgehead atoms. The zero-order valence-electron chi connectivity index (χ0n) is 16.2. The van der Waals surface area contributed by atoms with Crippen LogP contribution in [0.5, 0.6) is 0 Å². The monoisotopic (exact) mass is 395 g/mol. The Hall–Kier alpha value is -3.04. The SMILES string of the molecule is OCCCCc1nc(N/N=C/c2c[nH]c3ccccc23)nc(N2CCOCC2)n1. The van der Waals surface area contributed by atoms with Crippen molar-refractivity contribution in [2.75, 3.05) is 43.2 Å². The van der Waals surface area contributed by atoms with Gasteiger partial charge >= 0.3 is 0 Å². The van der Waals surface area contributed by atoms with E-state index in [1.807, 2.05) is 30.5 Å². The number of nitrogens with zero attached hydrogens (tertiary/aromatic N) is 5. The molecule has 0 atom stereocenters. The van der Waals surface area contributed by atoms with Gasteiger partial charge in [0.1, 0.15) is 5.82 Å². The van der Waals surface area contributed by atoms with Crippen LogP contribution in [0.15, 0.2) is 35.6 Å². The number of fused-ring (bicyclic) bond motifs is 1. The van der Waals surface area contributed by atoms with Gasteiger partial charge in [-0.2, -0.15) is 20.1 Å². The summed E-state index contributed by atoms with van der Waals surface area (Å²) in [7, 11) is 0. The van der Waals surface area contributed by atoms with Gasteiger partial charge in [0.25, 0.3) is 0 Å². The molecule has 0 spiro atoms. The third-order valence-corrected chi connectivity index (χ3v) is 4.76. The number of aliphatic hydroxyl groups excluding tert-OH is 1. The predicted octanol–water partition coefficient (Wildman–Crippen LogP) is 1.95. The molecule has 9 heteroatoms. The van der Waals surface area contributed by atoms with Gasteiger partial charge in [-0.05, 0) is 18.9 Å². The fourth-order valence-corrected chi connectivity index (χ4v) is 3.23. The molecule has 0 amide bonds. The number of hydrogen-bond donors (Lipinski definition) is 3. The minimum absolute atomic E-state index is 0.168. The molecule has 29 heavy (non-hydrogen) atoms. The van der Waals surface area contributed by atoms with Gasteiger partial charge in [0, 0.05) is 48.8 Å². The number of para-hydroxylation sites is 1. The molecular weight excluding hydrogens is 370 g/mol. The summed E-state index contributed by atoms with van der Waals surface area (Å²) in [5.74, 6) is 1.74. The molecule has 1 aliphatic heterocycles. The first-order valence-electron chi connectivity index (χ1n) is 9.87. The lowest BCUT2D eigenvalue weighted by atomic mass is 10.2. The summed E-state index contributed by atoms with van der Waals surface area (Å²) in [6, 6.07) is 8.07. The molecule has 0 saturated carbocycles. The number of hydrazone groups is 1. The minimum Gasteiger partial charge on any atom is -0.396 e. The number of rotatable bonds is 8. The lowest BCUT2D eigenvalue weighted by Crippen LogP contribution is -2.37. The largest absolute Gasteiger partial charge is 0.396 e. The number of aromatic amines is 1. The Bertz CT molecular complexity index is 966. The van der Waals surface area contributed by atoms with Gasteiger partial charge in [-0.1, -0.05) is 18.2 Å². The number of ether oxygens (including phenoxy) is 1. The fraction of sp³-hybridized carbons (Fsp3) is 0.400. The third-order valence-electron chi connectivity index (χ3n) is 4.76. The maximum absolute atomic E-state index is 9.03. The van der Waals surface area contributed by atoms with Crippen LogP contribution in [0.3, 0.4) is 0 Å². The van der Waals surface area contributed by atoms with E-state index in [1.165, 1.54) is 0 Å². The second-order valence-electron chi connectivity index (χ2n) is 6.81. The van der Waals surface area contributed by atoms with Crippen molar-refractivity contribution >= 4 is 29.0 Å². The number of anilines is 2. The molecular formula is C20H25N7O2. The molecule has 3 N–H and O–H groups in total. The minimum atomic E-state index is 0.168. The number of aryl methyl sites for hydroxylation is 1. The molecule has 3 aromatic rings. The standard InChI is InChI=1S/C20H25N7O2/c28-10-4-3-7-18-23-19(25-20(24-18)27-8-11-29-12-9-27)26-22-14-15-13-21-17-6-2-1-5-16(15)17/h1-2,5-6,13-14,21,28H,3-4,7-12H2,(H,23,24,25,26)/b22-14+. The van der Waals surface area contributed by atoms with Crippen molar-refractivity contribution in [1.29, 1.82) is 0 Å². The Morgan fingerprint density at radius 3 is 2.90 bits per heavy atom. The first-order valence-corrected chi connectivity index (χ1v) is 9.87. The first-order chi connectivity index (χ1) is 14.3. The predicted molar refractivity (Wildman–Crippen MR) is 112 cm³/mol. The third kappa shape index (κ3) is 4.87. The van der Waals surface area contributed by atoms with E-state index < -0.39 is 0 Å². The lowest BCUT2D eigenvalue weighted by Gasteiger charge is -2.27. The van der Waals surface area contributed by atoms with Crippen molar-refractivity contribution in [2.24, 2.45) is 5.10 Å². The fourth-order valence-electron chi connectivity index (χ4n) is 3.23. The van der Waals surface area contributed by atoms with E-state index in [0.29, 0.717) is 37.4 Å². The highest BCUT2D eigenvalue weighted by molar-refractivity contribution is 5.99. The van der Waals surface area contributed by atoms with Crippen LogP contribution in [-0.4, -0.2) is 64.2 Å². The molecule has 4 rings (SSSR count). The highest BCUT2D eigenvalue weighted by Gasteiger charge is 2.16. The zero-order chi connectivity index (χ0) is 19.9. The average Bonchev–Trinajstić information content (AvgIpc) is 3.18. The van der Waals surface area contributed by atoms with E-state index in [2.05, 4.69) is 35.4 Å². The summed E-state index contributed by atoms with van der Waals surface area (Å²) < 4.78 is 5.42. The Labute approximate surface area is 168 Å². The molecule has 3 heterocycles. The van der Waals surface area contributed by atoms with Gasteiger partial charge in [0.05, 0.1) is 19.4 Å². The first kappa shape index (κ1) is 19.3. The number of aliphatic hydroxyl groups is 1. The Morgan fingerprint density at radius 1 is 1.17 bits per heavy atom. The Morgan fingerprint density at radius 2 is 2.03 bits per heavy atom. The molecule has 0 radical (unpaired) electrons. The van der Waals surface area contributed by atoms with Crippen LogP contribution in [0.4, 0.5) is 11.9 Å². The summed E-state index contributed by atoms with van der Waals surface area (Å²) in [6.07, 6.45) is 5.90. The van der Waals surface area contributed by atoms with Crippen LogP contribution in [0, 0.1) is 0 Å². The second kappa shape index (κ2) is 9.44. The van der Waals surface area contributed by atoms with Gasteiger partial charge < -0.3 is 19.7 Å². The number of benzene rings is 1. The number of nitrogens with one attached hydrogen (secondary N) is 2. The normalized spacial score (nSPS) is 14.7. The topological polar surface area (TPSA) is 112 Å². The van der Waals surface area contributed by atoms with Crippen molar-refractivity contribution < 1.29 is 9.84 Å². The van der Waals surface area contributed by atoms with E-state index in [-0.39, 0.29) is 6.61 Å². The van der Waals surface area contributed by atoms with E-state index in [1.54, 1.807) is 6.21 Å². The van der Waals surface area contributed by atoms with Crippen LogP contribution >= 0.6 is 0 Å². The van der Waals surface area contributed by atoms with Crippen molar-refractivity contribution in [3.05, 3.63) is 41.9 Å². The van der Waals surface area contributed by atoms with Crippen molar-refractivity contribution in [1.82, 2.24) is 19.9 Å². The Kier molecular flexibility index (Phi) is 6.28. The molecule has 2 aromatic heterocycles. The molecule has 1 aromatic carbocycles. The highest BCUT2D eigenvalue weighted by atomic mass is 16.5. The van der Waals surface area contributed by atoms with Gasteiger partial charge in [-0.3, -0.25) is 0 Å². The zero-order valence-corrected chi connectivity index (χ0v) is 16.2. The number of unbranched alkanes of at least 4 members (excludes halogenated alkanes) is 1. The van der Waals surface area contributed by atoms with Crippen molar-refractivity contribution in [3.63, 3.8) is 0 Å². The maximum Gasteiger partial charge on any atom is 0.248 e. The number of aromatic nitrogens is 4. The number of H-pyrrole nitrogens is 1. The van der Waals surface area contributed by atoms with Crippen LogP contribution < -0.4 is 10.3 Å². The van der Waals surface area contributed by atoms with E-state index in [9.17, 15) is 0 Å². The van der Waals surface area contributed by atoms with Gasteiger partial charge in [0.2, 0.25) is 11.9 Å². The molecule has 1 saturated heterocycles. The second-order valence-corrected chi connectivity index (χ2v) is 6.81. The Balaban J connectivity index is 1.52. The van der Waals surface area contributed by atoms with E-state index in [0.717, 1.165) is 42.4 Å². The molecule has 1 aliphatic rings. The highest BCUT2D eigenvalue weighted by Crippen LogP contribution is 2.17. The number of morpholine rings is 1. The summed E-state index contributed by atoms with van der Waals surface area (Å²) in [4.78, 5) is 18.9. The van der Waals surface area contributed by atoms with Crippen molar-refractivity contribution in [2.45, 2.75) is 19.3 Å². The van der Waals surface area contributed by atoms with E-state index >= 15 is 0 Å². The molecule has 0 unspecified atom stereocenters. The van der Waals surface area contributed by atoms with Crippen LogP contribution in [-0.2, 0) is 11.2 Å². The van der Waals surface area contributed by atoms with Gasteiger partial charge in [0.15, 0.2) is 0 Å². The van der Waals surface area contributed by atoms with E-state index in [4.69, 9.17) is 9.84 Å².